The molecule has 1 saturated heterocycles. The Labute approximate surface area is 144 Å². The number of ether oxygens (including phenoxy) is 2. The third-order valence-corrected chi connectivity index (χ3v) is 7.25. The van der Waals surface area contributed by atoms with Gasteiger partial charge in [-0.3, -0.25) is 0 Å². The van der Waals surface area contributed by atoms with Crippen molar-refractivity contribution in [2.24, 2.45) is 11.3 Å². The monoisotopic (exact) mass is 334 g/mol. The Bertz CT molecular complexity index is 623. The zero-order chi connectivity index (χ0) is 17.3. The summed E-state index contributed by atoms with van der Waals surface area (Å²) in [6.07, 6.45) is 5.88. The van der Waals surface area contributed by atoms with Gasteiger partial charge in [0.05, 0.1) is 18.3 Å². The zero-order valence-corrected chi connectivity index (χ0v) is 15.3. The van der Waals surface area contributed by atoms with Crippen LogP contribution in [0.15, 0.2) is 22.8 Å². The first-order chi connectivity index (χ1) is 11.2. The maximum Gasteiger partial charge on any atom is 0.221 e. The average molecular weight is 334 g/mol. The fourth-order valence-corrected chi connectivity index (χ4v) is 5.17. The second kappa shape index (κ2) is 5.16. The molecule has 1 fully saturated rings. The van der Waals surface area contributed by atoms with Crippen LogP contribution in [0.3, 0.4) is 0 Å². The van der Waals surface area contributed by atoms with E-state index in [4.69, 9.17) is 9.47 Å². The highest BCUT2D eigenvalue weighted by Crippen LogP contribution is 2.59. The van der Waals surface area contributed by atoms with Gasteiger partial charge < -0.3 is 19.7 Å². The van der Waals surface area contributed by atoms with Crippen molar-refractivity contribution in [1.29, 1.82) is 0 Å². The van der Waals surface area contributed by atoms with E-state index in [0.717, 1.165) is 31.3 Å². The summed E-state index contributed by atoms with van der Waals surface area (Å²) in [5.74, 6) is -1.09. The number of rotatable bonds is 0. The first kappa shape index (κ1) is 16.8. The number of hydrogen-bond donors (Lipinski definition) is 2. The lowest BCUT2D eigenvalue weighted by Crippen LogP contribution is -2.47. The Morgan fingerprint density at radius 3 is 2.75 bits per heavy atom. The summed E-state index contributed by atoms with van der Waals surface area (Å²) < 4.78 is 11.9. The second-order valence-electron chi connectivity index (χ2n) is 8.85. The predicted molar refractivity (Wildman–Crippen MR) is 91.3 cm³/mol. The molecule has 6 atom stereocenters. The summed E-state index contributed by atoms with van der Waals surface area (Å²) in [5, 5.41) is 22.1. The molecule has 2 heterocycles. The largest absolute Gasteiger partial charge is 0.389 e. The molecule has 24 heavy (non-hydrogen) atoms. The van der Waals surface area contributed by atoms with Crippen LogP contribution in [0.25, 0.3) is 0 Å². The Balaban J connectivity index is 1.82. The maximum absolute atomic E-state index is 11.3. The van der Waals surface area contributed by atoms with E-state index in [0.29, 0.717) is 24.5 Å². The lowest BCUT2D eigenvalue weighted by molar-refractivity contribution is -0.175. The average Bonchev–Trinajstić information content (AvgIpc) is 3.05. The molecule has 4 heteroatoms. The summed E-state index contributed by atoms with van der Waals surface area (Å²) in [7, 11) is 0. The van der Waals surface area contributed by atoms with Gasteiger partial charge in [-0.2, -0.15) is 0 Å². The highest BCUT2D eigenvalue weighted by molar-refractivity contribution is 5.41. The number of aliphatic hydroxyl groups excluding tert-OH is 1. The van der Waals surface area contributed by atoms with Crippen LogP contribution in [0, 0.1) is 11.3 Å². The molecule has 4 rings (SSSR count). The Hall–Kier alpha value is -0.680. The lowest BCUT2D eigenvalue weighted by atomic mass is 9.61. The van der Waals surface area contributed by atoms with Gasteiger partial charge in [0.1, 0.15) is 6.10 Å². The quantitative estimate of drug-likeness (QED) is 0.528. The van der Waals surface area contributed by atoms with Crippen molar-refractivity contribution in [2.45, 2.75) is 83.4 Å². The van der Waals surface area contributed by atoms with E-state index in [1.54, 1.807) is 0 Å². The number of hydrogen-bond acceptors (Lipinski definition) is 4. The standard InChI is InChI=1S/C20H30O4/c1-12-6-5-8-19(4)17(24-19)20(22)16-14(11-23-20)18(3,9-7-12)13(2)10-15(16)21/h6,13,15,17,21-22H,5,7-11H2,1-4H3/b12-6-/t13-,15+,17+,18+,19-,20+/m1/s1. The van der Waals surface area contributed by atoms with Crippen molar-refractivity contribution in [3.05, 3.63) is 22.8 Å². The minimum Gasteiger partial charge on any atom is -0.389 e. The number of aliphatic hydroxyl groups is 2. The van der Waals surface area contributed by atoms with Crippen LogP contribution in [0.4, 0.5) is 0 Å². The van der Waals surface area contributed by atoms with Gasteiger partial charge in [-0.15, -0.1) is 0 Å². The molecule has 2 aliphatic heterocycles. The SMILES string of the molecule is C/C1=C/CC[C@@]2(C)O[C@@H]2[C@@]2(O)OCC3=C2[C@@H](O)C[C@@H](C)[C@]3(C)CC1. The smallest absolute Gasteiger partial charge is 0.221 e. The van der Waals surface area contributed by atoms with Crippen molar-refractivity contribution < 1.29 is 19.7 Å². The van der Waals surface area contributed by atoms with Gasteiger partial charge in [0, 0.05) is 5.57 Å². The van der Waals surface area contributed by atoms with Crippen LogP contribution in [-0.2, 0) is 9.47 Å². The van der Waals surface area contributed by atoms with Crippen molar-refractivity contribution >= 4 is 0 Å². The van der Waals surface area contributed by atoms with Crippen LogP contribution in [0.1, 0.15) is 59.8 Å². The van der Waals surface area contributed by atoms with Crippen molar-refractivity contribution in [3.63, 3.8) is 0 Å². The summed E-state index contributed by atoms with van der Waals surface area (Å²) >= 11 is 0. The molecule has 0 saturated carbocycles. The maximum atomic E-state index is 11.3. The zero-order valence-electron chi connectivity index (χ0n) is 15.3. The van der Waals surface area contributed by atoms with Crippen LogP contribution >= 0.6 is 0 Å². The molecule has 0 radical (unpaired) electrons. The summed E-state index contributed by atoms with van der Waals surface area (Å²) in [4.78, 5) is 0. The Kier molecular flexibility index (Phi) is 3.61. The number of epoxide rings is 1. The molecule has 4 bridgehead atoms. The molecule has 0 amide bonds. The highest BCUT2D eigenvalue weighted by Gasteiger charge is 2.68. The van der Waals surface area contributed by atoms with Gasteiger partial charge >= 0.3 is 0 Å². The van der Waals surface area contributed by atoms with E-state index in [1.165, 1.54) is 5.57 Å². The van der Waals surface area contributed by atoms with Crippen molar-refractivity contribution in [3.8, 4) is 0 Å². The highest BCUT2D eigenvalue weighted by atomic mass is 16.7. The van der Waals surface area contributed by atoms with E-state index in [9.17, 15) is 10.2 Å². The second-order valence-corrected chi connectivity index (χ2v) is 8.85. The molecule has 0 spiro atoms. The normalized spacial score (nSPS) is 53.6. The summed E-state index contributed by atoms with van der Waals surface area (Å²) in [6.45, 7) is 9.15. The fraction of sp³-hybridized carbons (Fsp3) is 0.800. The Morgan fingerprint density at radius 1 is 1.25 bits per heavy atom. The van der Waals surface area contributed by atoms with Crippen molar-refractivity contribution in [1.82, 2.24) is 0 Å². The van der Waals surface area contributed by atoms with Crippen LogP contribution < -0.4 is 0 Å². The van der Waals surface area contributed by atoms with Crippen LogP contribution in [0.2, 0.25) is 0 Å². The van der Waals surface area contributed by atoms with Crippen LogP contribution in [0.5, 0.6) is 0 Å². The molecule has 4 aliphatic rings. The summed E-state index contributed by atoms with van der Waals surface area (Å²) in [6, 6.07) is 0. The third-order valence-electron chi connectivity index (χ3n) is 7.25. The van der Waals surface area contributed by atoms with Crippen LogP contribution in [-0.4, -0.2) is 40.4 Å². The third kappa shape index (κ3) is 2.20. The van der Waals surface area contributed by atoms with E-state index in [2.05, 4.69) is 26.8 Å². The first-order valence-corrected chi connectivity index (χ1v) is 9.32. The topological polar surface area (TPSA) is 62.2 Å². The molecule has 2 aliphatic carbocycles. The number of fused-ring (bicyclic) bond motifs is 2. The molecular formula is C20H30O4. The van der Waals surface area contributed by atoms with Gasteiger partial charge in [0.15, 0.2) is 0 Å². The predicted octanol–water partition coefficient (Wildman–Crippen LogP) is 3.09. The minimum absolute atomic E-state index is 0.0430. The van der Waals surface area contributed by atoms with E-state index in [-0.39, 0.29) is 17.1 Å². The minimum atomic E-state index is -1.46. The first-order valence-electron chi connectivity index (χ1n) is 9.32. The Morgan fingerprint density at radius 2 is 2.00 bits per heavy atom. The number of allylic oxidation sites excluding steroid dienone is 2. The molecule has 134 valence electrons. The van der Waals surface area contributed by atoms with Gasteiger partial charge in [0.25, 0.3) is 0 Å². The fourth-order valence-electron chi connectivity index (χ4n) is 5.17. The lowest BCUT2D eigenvalue weighted by Gasteiger charge is -2.44. The molecule has 0 aromatic rings. The van der Waals surface area contributed by atoms with Gasteiger partial charge in [-0.1, -0.05) is 25.5 Å². The molecule has 0 aromatic heterocycles. The molecule has 4 nitrogen and oxygen atoms in total. The van der Waals surface area contributed by atoms with E-state index < -0.39 is 11.9 Å². The van der Waals surface area contributed by atoms with Gasteiger partial charge in [-0.25, -0.2) is 0 Å². The van der Waals surface area contributed by atoms with E-state index >= 15 is 0 Å². The molecular weight excluding hydrogens is 304 g/mol. The molecule has 0 aromatic carbocycles. The molecule has 0 unspecified atom stereocenters. The van der Waals surface area contributed by atoms with Gasteiger partial charge in [-0.05, 0) is 62.9 Å². The van der Waals surface area contributed by atoms with Crippen molar-refractivity contribution in [2.75, 3.05) is 6.61 Å². The molecule has 2 N–H and O–H groups in total. The summed E-state index contributed by atoms with van der Waals surface area (Å²) in [5.41, 5.74) is 2.83. The van der Waals surface area contributed by atoms with E-state index in [1.807, 2.05) is 6.92 Å². The van der Waals surface area contributed by atoms with Gasteiger partial charge in [0.2, 0.25) is 5.79 Å².